The van der Waals surface area contributed by atoms with E-state index in [0.29, 0.717) is 11.4 Å². The Balaban J connectivity index is 2.08. The number of nitrogens with zero attached hydrogens (tertiary/aromatic N) is 2. The minimum Gasteiger partial charge on any atom is -0.384 e. The van der Waals surface area contributed by atoms with Crippen LogP contribution in [-0.4, -0.2) is 27.2 Å². The molecule has 0 atom stereocenters. The zero-order chi connectivity index (χ0) is 13.7. The highest BCUT2D eigenvalue weighted by atomic mass is 16.2. The molecule has 0 aliphatic heterocycles. The lowest BCUT2D eigenvalue weighted by atomic mass is 10.2. The highest BCUT2D eigenvalue weighted by Gasteiger charge is 2.09. The van der Waals surface area contributed by atoms with Gasteiger partial charge in [-0.3, -0.25) is 4.79 Å². The maximum absolute atomic E-state index is 11.9. The molecule has 1 amide bonds. The first-order chi connectivity index (χ1) is 9.20. The van der Waals surface area contributed by atoms with Crippen LogP contribution in [0.1, 0.15) is 16.1 Å². The number of aryl methyl sites for hydroxylation is 1. The normalized spacial score (nSPS) is 9.58. The van der Waals surface area contributed by atoms with Crippen LogP contribution in [-0.2, 0) is 7.05 Å². The number of carbonyl (C=O) groups is 1. The number of carbonyl (C=O) groups excluding carboxylic acids is 1. The summed E-state index contributed by atoms with van der Waals surface area (Å²) in [6.45, 7) is -0.168. The molecule has 2 rings (SSSR count). The first kappa shape index (κ1) is 12.9. The molecule has 0 unspecified atom stereocenters. The van der Waals surface area contributed by atoms with Crippen LogP contribution in [0.15, 0.2) is 36.8 Å². The molecule has 5 heteroatoms. The zero-order valence-corrected chi connectivity index (χ0v) is 10.4. The first-order valence-corrected chi connectivity index (χ1v) is 5.68. The summed E-state index contributed by atoms with van der Waals surface area (Å²) in [6.07, 6.45) is 3.08. The molecule has 2 aromatic rings. The molecule has 0 bridgehead atoms. The van der Waals surface area contributed by atoms with E-state index in [0.717, 1.165) is 5.56 Å². The number of rotatable bonds is 2. The number of hydrogen-bond acceptors (Lipinski definition) is 3. The Hall–Kier alpha value is -2.58. The zero-order valence-electron chi connectivity index (χ0n) is 10.4. The van der Waals surface area contributed by atoms with Gasteiger partial charge >= 0.3 is 0 Å². The molecule has 19 heavy (non-hydrogen) atoms. The van der Waals surface area contributed by atoms with Crippen molar-refractivity contribution in [2.75, 3.05) is 11.9 Å². The van der Waals surface area contributed by atoms with Crippen molar-refractivity contribution in [3.63, 3.8) is 0 Å². The molecule has 0 radical (unpaired) electrons. The monoisotopic (exact) mass is 255 g/mol. The van der Waals surface area contributed by atoms with E-state index in [1.54, 1.807) is 42.2 Å². The van der Waals surface area contributed by atoms with E-state index < -0.39 is 0 Å². The maximum Gasteiger partial charge on any atom is 0.273 e. The minimum absolute atomic E-state index is 0.168. The smallest absolute Gasteiger partial charge is 0.273 e. The van der Waals surface area contributed by atoms with Gasteiger partial charge < -0.3 is 15.0 Å². The van der Waals surface area contributed by atoms with Gasteiger partial charge in [0.05, 0.1) is 12.5 Å². The van der Waals surface area contributed by atoms with Gasteiger partial charge in [0.15, 0.2) is 0 Å². The quantitative estimate of drug-likeness (QED) is 0.787. The number of nitrogens with one attached hydrogen (secondary N) is 1. The largest absolute Gasteiger partial charge is 0.384 e. The fourth-order valence-corrected chi connectivity index (χ4v) is 1.55. The topological polar surface area (TPSA) is 67.2 Å². The predicted molar refractivity (Wildman–Crippen MR) is 71.6 cm³/mol. The van der Waals surface area contributed by atoms with Gasteiger partial charge in [-0.25, -0.2) is 4.98 Å². The van der Waals surface area contributed by atoms with Crippen LogP contribution in [0.2, 0.25) is 0 Å². The van der Waals surface area contributed by atoms with Crippen molar-refractivity contribution in [2.24, 2.45) is 7.05 Å². The Bertz CT molecular complexity index is 633. The van der Waals surface area contributed by atoms with Crippen molar-refractivity contribution >= 4 is 11.6 Å². The predicted octanol–water partition coefficient (Wildman–Crippen LogP) is 1.02. The average molecular weight is 255 g/mol. The van der Waals surface area contributed by atoms with Crippen LogP contribution in [0.3, 0.4) is 0 Å². The van der Waals surface area contributed by atoms with Crippen LogP contribution in [0.25, 0.3) is 0 Å². The van der Waals surface area contributed by atoms with Gasteiger partial charge in [-0.2, -0.15) is 0 Å². The van der Waals surface area contributed by atoms with Gasteiger partial charge in [-0.15, -0.1) is 0 Å². The van der Waals surface area contributed by atoms with Gasteiger partial charge in [0.1, 0.15) is 12.3 Å². The minimum atomic E-state index is -0.214. The molecule has 0 spiro atoms. The van der Waals surface area contributed by atoms with E-state index in [1.165, 1.54) is 6.20 Å². The first-order valence-electron chi connectivity index (χ1n) is 5.68. The molecule has 5 nitrogen and oxygen atoms in total. The van der Waals surface area contributed by atoms with Crippen molar-refractivity contribution in [3.05, 3.63) is 48.0 Å². The maximum atomic E-state index is 11.9. The van der Waals surface area contributed by atoms with Crippen molar-refractivity contribution in [1.29, 1.82) is 0 Å². The molecule has 96 valence electrons. The number of aliphatic hydroxyl groups excluding tert-OH is 1. The molecule has 0 aliphatic carbocycles. The second-order valence-corrected chi connectivity index (χ2v) is 3.88. The summed E-state index contributed by atoms with van der Waals surface area (Å²) in [4.78, 5) is 15.8. The van der Waals surface area contributed by atoms with Crippen molar-refractivity contribution in [3.8, 4) is 11.8 Å². The standard InChI is InChI=1S/C14H13N3O2/c1-17-10-15-9-13(17)14(19)16-12-6-4-11(5-7-12)3-2-8-18/h4-7,9-10,18H,8H2,1H3,(H,16,19). The SMILES string of the molecule is Cn1cncc1C(=O)Nc1ccc(C#CCO)cc1. The van der Waals surface area contributed by atoms with Gasteiger partial charge in [0.25, 0.3) is 5.91 Å². The van der Waals surface area contributed by atoms with E-state index in [2.05, 4.69) is 22.1 Å². The summed E-state index contributed by atoms with van der Waals surface area (Å²) >= 11 is 0. The van der Waals surface area contributed by atoms with Crippen LogP contribution in [0, 0.1) is 11.8 Å². The number of anilines is 1. The lowest BCUT2D eigenvalue weighted by molar-refractivity contribution is 0.101. The van der Waals surface area contributed by atoms with Gasteiger partial charge in [-0.05, 0) is 24.3 Å². The number of amides is 1. The van der Waals surface area contributed by atoms with Gasteiger partial charge in [-0.1, -0.05) is 11.8 Å². The molecule has 0 fully saturated rings. The molecule has 1 aromatic heterocycles. The van der Waals surface area contributed by atoms with Gasteiger partial charge in [0.2, 0.25) is 0 Å². The van der Waals surface area contributed by atoms with E-state index in [4.69, 9.17) is 5.11 Å². The molecular formula is C14H13N3O2. The molecule has 0 saturated heterocycles. The number of benzene rings is 1. The van der Waals surface area contributed by atoms with Gasteiger partial charge in [0, 0.05) is 18.3 Å². The van der Waals surface area contributed by atoms with E-state index >= 15 is 0 Å². The summed E-state index contributed by atoms with van der Waals surface area (Å²) in [5, 5.41) is 11.4. The fourth-order valence-electron chi connectivity index (χ4n) is 1.55. The van der Waals surface area contributed by atoms with E-state index in [1.807, 2.05) is 0 Å². The summed E-state index contributed by atoms with van der Waals surface area (Å²) in [5.74, 6) is 5.13. The Morgan fingerprint density at radius 3 is 2.74 bits per heavy atom. The third-order valence-corrected chi connectivity index (χ3v) is 2.50. The highest BCUT2D eigenvalue weighted by molar-refractivity contribution is 6.02. The Kier molecular flexibility index (Phi) is 3.96. The fraction of sp³-hybridized carbons (Fsp3) is 0.143. The van der Waals surface area contributed by atoms with Crippen molar-refractivity contribution < 1.29 is 9.90 Å². The van der Waals surface area contributed by atoms with Crippen LogP contribution < -0.4 is 5.32 Å². The molecule has 2 N–H and O–H groups in total. The summed E-state index contributed by atoms with van der Waals surface area (Å²) < 4.78 is 1.65. The van der Waals surface area contributed by atoms with E-state index in [-0.39, 0.29) is 12.5 Å². The van der Waals surface area contributed by atoms with Crippen LogP contribution >= 0.6 is 0 Å². The molecule has 0 saturated carbocycles. The summed E-state index contributed by atoms with van der Waals surface area (Å²) in [5.41, 5.74) is 1.96. The van der Waals surface area contributed by atoms with Crippen LogP contribution in [0.4, 0.5) is 5.69 Å². The lowest BCUT2D eigenvalue weighted by Crippen LogP contribution is -2.15. The second kappa shape index (κ2) is 5.85. The Morgan fingerprint density at radius 1 is 1.42 bits per heavy atom. The number of imidazole rings is 1. The van der Waals surface area contributed by atoms with Crippen molar-refractivity contribution in [1.82, 2.24) is 9.55 Å². The molecular weight excluding hydrogens is 242 g/mol. The number of aromatic nitrogens is 2. The van der Waals surface area contributed by atoms with E-state index in [9.17, 15) is 4.79 Å². The molecule has 1 aromatic carbocycles. The molecule has 0 aliphatic rings. The molecule has 1 heterocycles. The van der Waals surface area contributed by atoms with Crippen molar-refractivity contribution in [2.45, 2.75) is 0 Å². The number of hydrogen-bond donors (Lipinski definition) is 2. The second-order valence-electron chi connectivity index (χ2n) is 3.88. The summed E-state index contributed by atoms with van der Waals surface area (Å²) in [7, 11) is 1.76. The Labute approximate surface area is 110 Å². The third kappa shape index (κ3) is 3.21. The van der Waals surface area contributed by atoms with Crippen LogP contribution in [0.5, 0.6) is 0 Å². The summed E-state index contributed by atoms with van der Waals surface area (Å²) in [6, 6.07) is 7.08. The average Bonchev–Trinajstić information content (AvgIpc) is 2.84. The Morgan fingerprint density at radius 2 is 2.16 bits per heavy atom. The highest BCUT2D eigenvalue weighted by Crippen LogP contribution is 2.10. The third-order valence-electron chi connectivity index (χ3n) is 2.50. The number of aliphatic hydroxyl groups is 1. The lowest BCUT2D eigenvalue weighted by Gasteiger charge is -2.05.